The summed E-state index contributed by atoms with van der Waals surface area (Å²) in [5.74, 6) is -0.605. The predicted molar refractivity (Wildman–Crippen MR) is 74.0 cm³/mol. The monoisotopic (exact) mass is 304 g/mol. The molecule has 1 saturated heterocycles. The van der Waals surface area contributed by atoms with E-state index < -0.39 is 5.82 Å². The van der Waals surface area contributed by atoms with Crippen LogP contribution in [0.25, 0.3) is 0 Å². The largest absolute Gasteiger partial charge is 0.349 e. The van der Waals surface area contributed by atoms with Crippen LogP contribution in [-0.4, -0.2) is 19.0 Å². The fraction of sp³-hybridized carbons (Fsp3) is 0.462. The lowest BCUT2D eigenvalue weighted by atomic mass is 10.0. The molecular formula is C13H15Cl2FN2O. The Morgan fingerprint density at radius 1 is 1.47 bits per heavy atom. The number of carbonyl (C=O) groups excluding carboxylic acids is 1. The second-order valence-electron chi connectivity index (χ2n) is 4.71. The van der Waals surface area contributed by atoms with Gasteiger partial charge in [-0.3, -0.25) is 4.79 Å². The van der Waals surface area contributed by atoms with E-state index in [2.05, 4.69) is 10.6 Å². The third-order valence-corrected chi connectivity index (χ3v) is 3.91. The molecule has 1 aromatic rings. The van der Waals surface area contributed by atoms with Gasteiger partial charge in [0, 0.05) is 11.6 Å². The highest BCUT2D eigenvalue weighted by atomic mass is 35.5. The van der Waals surface area contributed by atoms with E-state index in [1.165, 1.54) is 12.1 Å². The summed E-state index contributed by atoms with van der Waals surface area (Å²) in [4.78, 5) is 12.0. The molecule has 1 aromatic carbocycles. The van der Waals surface area contributed by atoms with Crippen molar-refractivity contribution in [1.82, 2.24) is 10.6 Å². The van der Waals surface area contributed by atoms with Gasteiger partial charge in [-0.25, -0.2) is 4.39 Å². The minimum Gasteiger partial charge on any atom is -0.349 e. The molecule has 2 unspecified atom stereocenters. The SMILES string of the molecule is CC(NC(=O)C1CCNC1)c1cc(F)c(Cl)cc1Cl. The van der Waals surface area contributed by atoms with Crippen molar-refractivity contribution in [3.63, 3.8) is 0 Å². The van der Waals surface area contributed by atoms with Gasteiger partial charge in [0.05, 0.1) is 17.0 Å². The smallest absolute Gasteiger partial charge is 0.224 e. The van der Waals surface area contributed by atoms with Gasteiger partial charge in [0.15, 0.2) is 0 Å². The highest BCUT2D eigenvalue weighted by molar-refractivity contribution is 6.35. The molecule has 2 atom stereocenters. The average molecular weight is 305 g/mol. The van der Waals surface area contributed by atoms with Crippen LogP contribution in [0, 0.1) is 11.7 Å². The molecule has 2 rings (SSSR count). The third-order valence-electron chi connectivity index (χ3n) is 3.30. The minimum absolute atomic E-state index is 0.0210. The van der Waals surface area contributed by atoms with E-state index in [0.29, 0.717) is 17.1 Å². The molecule has 2 N–H and O–H groups in total. The van der Waals surface area contributed by atoms with Gasteiger partial charge >= 0.3 is 0 Å². The normalized spacial score (nSPS) is 20.3. The zero-order chi connectivity index (χ0) is 14.0. The van der Waals surface area contributed by atoms with E-state index in [4.69, 9.17) is 23.2 Å². The number of hydrogen-bond acceptors (Lipinski definition) is 2. The van der Waals surface area contributed by atoms with Gasteiger partial charge in [-0.1, -0.05) is 23.2 Å². The van der Waals surface area contributed by atoms with E-state index in [-0.39, 0.29) is 22.9 Å². The van der Waals surface area contributed by atoms with Crippen molar-refractivity contribution in [2.24, 2.45) is 5.92 Å². The van der Waals surface area contributed by atoms with Crippen LogP contribution in [-0.2, 0) is 4.79 Å². The maximum Gasteiger partial charge on any atom is 0.224 e. The fourth-order valence-corrected chi connectivity index (χ4v) is 2.70. The molecule has 3 nitrogen and oxygen atoms in total. The first-order valence-electron chi connectivity index (χ1n) is 6.14. The first-order chi connectivity index (χ1) is 8.99. The number of carbonyl (C=O) groups is 1. The Bertz CT molecular complexity index is 490. The quantitative estimate of drug-likeness (QED) is 0.843. The molecule has 6 heteroatoms. The molecule has 104 valence electrons. The van der Waals surface area contributed by atoms with Gasteiger partial charge in [0.25, 0.3) is 0 Å². The highest BCUT2D eigenvalue weighted by Gasteiger charge is 2.24. The number of hydrogen-bond donors (Lipinski definition) is 2. The lowest BCUT2D eigenvalue weighted by Crippen LogP contribution is -2.34. The van der Waals surface area contributed by atoms with Crippen molar-refractivity contribution in [2.75, 3.05) is 13.1 Å². The topological polar surface area (TPSA) is 41.1 Å². The molecule has 0 radical (unpaired) electrons. The summed E-state index contributed by atoms with van der Waals surface area (Å²) in [5, 5.41) is 6.31. The van der Waals surface area contributed by atoms with Gasteiger partial charge in [-0.2, -0.15) is 0 Å². The molecule has 0 bridgehead atoms. The minimum atomic E-state index is -0.537. The van der Waals surface area contributed by atoms with Crippen molar-refractivity contribution in [2.45, 2.75) is 19.4 Å². The first kappa shape index (κ1) is 14.6. The summed E-state index contributed by atoms with van der Waals surface area (Å²) in [5.41, 5.74) is 0.530. The molecule has 1 fully saturated rings. The number of rotatable bonds is 3. The lowest BCUT2D eigenvalue weighted by molar-refractivity contribution is -0.125. The zero-order valence-electron chi connectivity index (χ0n) is 10.5. The van der Waals surface area contributed by atoms with Crippen LogP contribution in [0.15, 0.2) is 12.1 Å². The van der Waals surface area contributed by atoms with Crippen molar-refractivity contribution in [3.05, 3.63) is 33.6 Å². The van der Waals surface area contributed by atoms with Crippen LogP contribution in [0.5, 0.6) is 0 Å². The highest BCUT2D eigenvalue weighted by Crippen LogP contribution is 2.28. The van der Waals surface area contributed by atoms with Crippen LogP contribution in [0.2, 0.25) is 10.0 Å². The summed E-state index contributed by atoms with van der Waals surface area (Å²) < 4.78 is 13.4. The maximum atomic E-state index is 13.4. The molecule has 1 heterocycles. The number of nitrogens with one attached hydrogen (secondary N) is 2. The molecule has 0 spiro atoms. The Kier molecular flexibility index (Phi) is 4.66. The van der Waals surface area contributed by atoms with E-state index in [9.17, 15) is 9.18 Å². The van der Waals surface area contributed by atoms with E-state index in [0.717, 1.165) is 13.0 Å². The summed E-state index contributed by atoms with van der Waals surface area (Å²) in [6.45, 7) is 3.30. The van der Waals surface area contributed by atoms with Gasteiger partial charge in [-0.15, -0.1) is 0 Å². The summed E-state index contributed by atoms with van der Waals surface area (Å²) in [7, 11) is 0. The van der Waals surface area contributed by atoms with E-state index >= 15 is 0 Å². The molecular weight excluding hydrogens is 290 g/mol. The fourth-order valence-electron chi connectivity index (χ4n) is 2.16. The summed E-state index contributed by atoms with van der Waals surface area (Å²) in [6, 6.07) is 2.27. The van der Waals surface area contributed by atoms with Crippen LogP contribution in [0.1, 0.15) is 24.9 Å². The molecule has 1 aliphatic heterocycles. The third kappa shape index (κ3) is 3.38. The van der Waals surface area contributed by atoms with Crippen LogP contribution in [0.4, 0.5) is 4.39 Å². The standard InChI is InChI=1S/C13H15Cl2FN2O/c1-7(18-13(19)8-2-3-17-6-8)9-4-12(16)11(15)5-10(9)14/h4-5,7-8,17H,2-3,6H2,1H3,(H,18,19). The molecule has 0 saturated carbocycles. The lowest BCUT2D eigenvalue weighted by Gasteiger charge is -2.18. The van der Waals surface area contributed by atoms with Crippen molar-refractivity contribution in [3.8, 4) is 0 Å². The molecule has 0 aromatic heterocycles. The summed E-state index contributed by atoms with van der Waals surface area (Å²) >= 11 is 11.7. The average Bonchev–Trinajstić information content (AvgIpc) is 2.87. The molecule has 19 heavy (non-hydrogen) atoms. The van der Waals surface area contributed by atoms with Gasteiger partial charge in [0.2, 0.25) is 5.91 Å². The Balaban J connectivity index is 2.09. The van der Waals surface area contributed by atoms with Crippen molar-refractivity contribution < 1.29 is 9.18 Å². The number of halogens is 3. The van der Waals surface area contributed by atoms with Crippen LogP contribution < -0.4 is 10.6 Å². The second kappa shape index (κ2) is 6.07. The van der Waals surface area contributed by atoms with Gasteiger partial charge < -0.3 is 10.6 Å². The Hall–Kier alpha value is -0.840. The van der Waals surface area contributed by atoms with Crippen molar-refractivity contribution >= 4 is 29.1 Å². The summed E-state index contributed by atoms with van der Waals surface area (Å²) in [6.07, 6.45) is 0.821. The van der Waals surface area contributed by atoms with Crippen LogP contribution >= 0.6 is 23.2 Å². The van der Waals surface area contributed by atoms with Crippen molar-refractivity contribution in [1.29, 1.82) is 0 Å². The Morgan fingerprint density at radius 2 is 2.21 bits per heavy atom. The van der Waals surface area contributed by atoms with E-state index in [1.54, 1.807) is 6.92 Å². The Morgan fingerprint density at radius 3 is 2.84 bits per heavy atom. The zero-order valence-corrected chi connectivity index (χ0v) is 12.0. The molecule has 1 amide bonds. The second-order valence-corrected chi connectivity index (χ2v) is 5.52. The maximum absolute atomic E-state index is 13.4. The number of benzene rings is 1. The van der Waals surface area contributed by atoms with Crippen LogP contribution in [0.3, 0.4) is 0 Å². The first-order valence-corrected chi connectivity index (χ1v) is 6.90. The molecule has 0 aliphatic carbocycles. The predicted octanol–water partition coefficient (Wildman–Crippen LogP) is 2.92. The van der Waals surface area contributed by atoms with E-state index in [1.807, 2.05) is 0 Å². The molecule has 1 aliphatic rings. The number of amides is 1. The Labute approximate surface area is 121 Å². The van der Waals surface area contributed by atoms with Gasteiger partial charge in [0.1, 0.15) is 5.82 Å². The van der Waals surface area contributed by atoms with Gasteiger partial charge in [-0.05, 0) is 37.6 Å².